The maximum Gasteiger partial charge on any atom is 0.306 e. The van der Waals surface area contributed by atoms with Crippen LogP contribution < -0.4 is 0 Å². The zero-order valence-corrected chi connectivity index (χ0v) is 46.0. The summed E-state index contributed by atoms with van der Waals surface area (Å²) >= 11 is 0. The van der Waals surface area contributed by atoms with Crippen LogP contribution in [0.25, 0.3) is 0 Å². The van der Waals surface area contributed by atoms with Gasteiger partial charge in [-0.05, 0) is 96.3 Å². The van der Waals surface area contributed by atoms with Crippen LogP contribution in [-0.2, 0) is 28.6 Å². The molecule has 1 atom stereocenters. The summed E-state index contributed by atoms with van der Waals surface area (Å²) in [5, 5.41) is 0. The Labute approximate surface area is 433 Å². The minimum Gasteiger partial charge on any atom is -0.462 e. The summed E-state index contributed by atoms with van der Waals surface area (Å²) in [4.78, 5) is 38.0. The highest BCUT2D eigenvalue weighted by atomic mass is 16.6. The lowest BCUT2D eigenvalue weighted by Crippen LogP contribution is -2.30. The molecular weight excluding hydrogens is 865 g/mol. The number of hydrogen-bond donors (Lipinski definition) is 0. The molecule has 0 N–H and O–H groups in total. The van der Waals surface area contributed by atoms with Crippen molar-refractivity contribution in [3.8, 4) is 0 Å². The average molecular weight is 976 g/mol. The number of rotatable bonds is 53. The fourth-order valence-corrected chi connectivity index (χ4v) is 8.21. The molecule has 0 amide bonds. The van der Waals surface area contributed by atoms with E-state index in [1.807, 2.05) is 0 Å². The van der Waals surface area contributed by atoms with Crippen LogP contribution in [0.2, 0.25) is 0 Å². The van der Waals surface area contributed by atoms with Crippen molar-refractivity contribution in [3.63, 3.8) is 0 Å². The third kappa shape index (κ3) is 55.5. The van der Waals surface area contributed by atoms with Crippen molar-refractivity contribution in [2.75, 3.05) is 13.2 Å². The van der Waals surface area contributed by atoms with Gasteiger partial charge in [-0.25, -0.2) is 0 Å². The molecule has 1 unspecified atom stereocenters. The van der Waals surface area contributed by atoms with Crippen LogP contribution >= 0.6 is 0 Å². The van der Waals surface area contributed by atoms with Gasteiger partial charge in [0.05, 0.1) is 0 Å². The molecule has 0 aromatic carbocycles. The van der Waals surface area contributed by atoms with Crippen LogP contribution in [-0.4, -0.2) is 37.2 Å². The highest BCUT2D eigenvalue weighted by molar-refractivity contribution is 5.71. The van der Waals surface area contributed by atoms with Gasteiger partial charge >= 0.3 is 17.9 Å². The quantitative estimate of drug-likeness (QED) is 0.0261. The summed E-state index contributed by atoms with van der Waals surface area (Å²) in [5.74, 6) is -0.920. The van der Waals surface area contributed by atoms with Gasteiger partial charge in [0.1, 0.15) is 13.2 Å². The average Bonchev–Trinajstić information content (AvgIpc) is 3.36. The molecule has 0 aliphatic carbocycles. The summed E-state index contributed by atoms with van der Waals surface area (Å²) in [6, 6.07) is 0. The van der Waals surface area contributed by atoms with E-state index < -0.39 is 6.10 Å². The zero-order valence-electron chi connectivity index (χ0n) is 46.0. The lowest BCUT2D eigenvalue weighted by molar-refractivity contribution is -0.167. The van der Waals surface area contributed by atoms with Gasteiger partial charge in [0, 0.05) is 19.3 Å². The molecule has 6 heteroatoms. The molecule has 0 rings (SSSR count). The van der Waals surface area contributed by atoms with E-state index in [1.165, 1.54) is 141 Å². The SMILES string of the molecule is CC/C=C\C/C=C\C/C=C\C/C=C\C/C=C\CCCCCC(=O)OC(COC(=O)CCCCCCCCCC)COC(=O)CCCCCCCCCCCCCCC/C=C\C/C=C\CCCCCCC. The second kappa shape index (κ2) is 58.2. The Bertz CT molecular complexity index is 1350. The van der Waals surface area contributed by atoms with Crippen molar-refractivity contribution in [3.05, 3.63) is 85.1 Å². The minimum atomic E-state index is -0.792. The lowest BCUT2D eigenvalue weighted by Gasteiger charge is -2.18. The third-order valence-electron chi connectivity index (χ3n) is 12.6. The third-order valence-corrected chi connectivity index (χ3v) is 12.6. The molecule has 0 heterocycles. The smallest absolute Gasteiger partial charge is 0.306 e. The van der Waals surface area contributed by atoms with Crippen molar-refractivity contribution in [2.45, 2.75) is 290 Å². The molecule has 6 nitrogen and oxygen atoms in total. The Hall–Kier alpha value is -3.41. The number of carbonyl (C=O) groups excluding carboxylic acids is 3. The first-order valence-corrected chi connectivity index (χ1v) is 29.6. The van der Waals surface area contributed by atoms with Gasteiger partial charge in [-0.1, -0.05) is 254 Å². The maximum atomic E-state index is 12.8. The normalized spacial score (nSPS) is 12.7. The van der Waals surface area contributed by atoms with Crippen LogP contribution in [0.5, 0.6) is 0 Å². The standard InChI is InChI=1S/C64H110O6/c1-4-7-10-13-16-19-21-23-25-27-29-30-31-32-33-34-36-37-39-41-43-45-48-51-54-57-63(66)69-60-61(59-68-62(65)56-53-50-47-18-15-12-9-6-3)70-64(67)58-55-52-49-46-44-42-40-38-35-28-26-24-22-20-17-14-11-8-5-2/h8,11,17,20-21,23-24,26-27,29,35,38,42,44,61H,4-7,9-10,12-16,18-19,22,25,28,30-34,36-37,39-41,43,45-60H2,1-3H3/b11-8-,20-17-,23-21-,26-24-,29-27-,38-35-,44-42-. The molecule has 0 aromatic heterocycles. The van der Waals surface area contributed by atoms with Gasteiger partial charge < -0.3 is 14.2 Å². The monoisotopic (exact) mass is 975 g/mol. The summed E-state index contributed by atoms with van der Waals surface area (Å²) in [5.41, 5.74) is 0. The second-order valence-corrected chi connectivity index (χ2v) is 19.5. The minimum absolute atomic E-state index is 0.0887. The van der Waals surface area contributed by atoms with Gasteiger partial charge in [0.2, 0.25) is 0 Å². The van der Waals surface area contributed by atoms with E-state index in [4.69, 9.17) is 14.2 Å². The molecule has 0 spiro atoms. The van der Waals surface area contributed by atoms with E-state index in [2.05, 4.69) is 106 Å². The van der Waals surface area contributed by atoms with Gasteiger partial charge in [-0.15, -0.1) is 0 Å². The number of hydrogen-bond acceptors (Lipinski definition) is 6. The van der Waals surface area contributed by atoms with Gasteiger partial charge in [-0.3, -0.25) is 14.4 Å². The summed E-state index contributed by atoms with van der Waals surface area (Å²) < 4.78 is 16.8. The molecule has 0 saturated carbocycles. The Balaban J connectivity index is 4.24. The molecule has 402 valence electrons. The Morgan fingerprint density at radius 3 is 0.886 bits per heavy atom. The number of esters is 3. The zero-order chi connectivity index (χ0) is 50.7. The number of carbonyl (C=O) groups is 3. The van der Waals surface area contributed by atoms with Gasteiger partial charge in [0.25, 0.3) is 0 Å². The highest BCUT2D eigenvalue weighted by Crippen LogP contribution is 2.15. The number of unbranched alkanes of at least 4 members (excludes halogenated alkanes) is 28. The van der Waals surface area contributed by atoms with Crippen molar-refractivity contribution in [2.24, 2.45) is 0 Å². The van der Waals surface area contributed by atoms with E-state index in [-0.39, 0.29) is 31.1 Å². The molecule has 0 aliphatic rings. The fourth-order valence-electron chi connectivity index (χ4n) is 8.21. The molecule has 0 saturated heterocycles. The Morgan fingerprint density at radius 2 is 0.557 bits per heavy atom. The molecule has 0 aromatic rings. The fraction of sp³-hybridized carbons (Fsp3) is 0.734. The first-order chi connectivity index (χ1) is 34.5. The number of allylic oxidation sites excluding steroid dienone is 14. The van der Waals surface area contributed by atoms with Crippen molar-refractivity contribution in [1.29, 1.82) is 0 Å². The van der Waals surface area contributed by atoms with E-state index >= 15 is 0 Å². The molecule has 70 heavy (non-hydrogen) atoms. The molecule has 0 aliphatic heterocycles. The Kier molecular flexibility index (Phi) is 55.3. The van der Waals surface area contributed by atoms with Gasteiger partial charge in [-0.2, -0.15) is 0 Å². The highest BCUT2D eigenvalue weighted by Gasteiger charge is 2.19. The summed E-state index contributed by atoms with van der Waals surface area (Å²) in [7, 11) is 0. The van der Waals surface area contributed by atoms with Crippen molar-refractivity contribution < 1.29 is 28.6 Å². The maximum absolute atomic E-state index is 12.8. The predicted octanol–water partition coefficient (Wildman–Crippen LogP) is 19.9. The summed E-state index contributed by atoms with van der Waals surface area (Å²) in [6.45, 7) is 6.47. The summed E-state index contributed by atoms with van der Waals surface area (Å²) in [6.07, 6.45) is 76.0. The molecule has 0 radical (unpaired) electrons. The van der Waals surface area contributed by atoms with Crippen molar-refractivity contribution in [1.82, 2.24) is 0 Å². The van der Waals surface area contributed by atoms with Crippen LogP contribution in [0, 0.1) is 0 Å². The van der Waals surface area contributed by atoms with E-state index in [0.29, 0.717) is 19.3 Å². The molecule has 0 bridgehead atoms. The largest absolute Gasteiger partial charge is 0.462 e. The van der Waals surface area contributed by atoms with Gasteiger partial charge in [0.15, 0.2) is 6.10 Å². The van der Waals surface area contributed by atoms with Crippen LogP contribution in [0.4, 0.5) is 0 Å². The first kappa shape index (κ1) is 66.6. The Morgan fingerprint density at radius 1 is 0.300 bits per heavy atom. The molecule has 0 fully saturated rings. The van der Waals surface area contributed by atoms with Crippen LogP contribution in [0.1, 0.15) is 284 Å². The van der Waals surface area contributed by atoms with E-state index in [0.717, 1.165) is 103 Å². The topological polar surface area (TPSA) is 78.9 Å². The second-order valence-electron chi connectivity index (χ2n) is 19.5. The lowest BCUT2D eigenvalue weighted by atomic mass is 10.0. The van der Waals surface area contributed by atoms with E-state index in [9.17, 15) is 14.4 Å². The number of ether oxygens (including phenoxy) is 3. The first-order valence-electron chi connectivity index (χ1n) is 29.6. The molecular formula is C64H110O6. The van der Waals surface area contributed by atoms with Crippen LogP contribution in [0.3, 0.4) is 0 Å². The van der Waals surface area contributed by atoms with Crippen molar-refractivity contribution >= 4 is 17.9 Å². The van der Waals surface area contributed by atoms with E-state index in [1.54, 1.807) is 0 Å². The van der Waals surface area contributed by atoms with Crippen LogP contribution in [0.15, 0.2) is 85.1 Å². The predicted molar refractivity (Wildman–Crippen MR) is 302 cm³/mol.